The second-order valence-electron chi connectivity index (χ2n) is 13.0. The third-order valence-electron chi connectivity index (χ3n) is 9.59. The van der Waals surface area contributed by atoms with Crippen LogP contribution >= 0.6 is 0 Å². The largest absolute Gasteiger partial charge is 0.493 e. The molecule has 1 aliphatic heterocycles. The summed E-state index contributed by atoms with van der Waals surface area (Å²) in [5.74, 6) is 2.44. The minimum Gasteiger partial charge on any atom is -0.493 e. The molecule has 0 radical (unpaired) electrons. The van der Waals surface area contributed by atoms with E-state index >= 15 is 0 Å². The maximum Gasteiger partial charge on any atom is 0.254 e. The fourth-order valence-electron chi connectivity index (χ4n) is 6.54. The minimum atomic E-state index is -0.319. The topological polar surface area (TPSA) is 106 Å². The van der Waals surface area contributed by atoms with E-state index < -0.39 is 0 Å². The zero-order chi connectivity index (χ0) is 29.4. The summed E-state index contributed by atoms with van der Waals surface area (Å²) in [7, 11) is 1.69. The van der Waals surface area contributed by atoms with Crippen molar-refractivity contribution >= 4 is 11.7 Å². The molecule has 4 N–H and O–H groups in total. The van der Waals surface area contributed by atoms with E-state index in [4.69, 9.17) is 15.2 Å². The smallest absolute Gasteiger partial charge is 0.254 e. The average molecular weight is 571 g/mol. The van der Waals surface area contributed by atoms with E-state index in [0.717, 1.165) is 82.3 Å². The number of ketones is 1. The van der Waals surface area contributed by atoms with Gasteiger partial charge in [-0.25, -0.2) is 0 Å². The van der Waals surface area contributed by atoms with Gasteiger partial charge in [0.1, 0.15) is 5.75 Å². The van der Waals surface area contributed by atoms with Crippen molar-refractivity contribution in [1.29, 1.82) is 0 Å². The van der Waals surface area contributed by atoms with Crippen molar-refractivity contribution in [2.75, 3.05) is 46.5 Å². The molecule has 3 aliphatic rings. The second kappa shape index (κ2) is 14.9. The highest BCUT2D eigenvalue weighted by Crippen LogP contribution is 2.40. The number of hydrogen-bond acceptors (Lipinski definition) is 7. The van der Waals surface area contributed by atoms with Gasteiger partial charge in [-0.3, -0.25) is 9.59 Å². The van der Waals surface area contributed by atoms with Crippen molar-refractivity contribution in [3.63, 3.8) is 0 Å². The van der Waals surface area contributed by atoms with Crippen LogP contribution in [0.4, 0.5) is 0 Å². The molecule has 1 aromatic rings. The highest BCUT2D eigenvalue weighted by atomic mass is 16.5. The Kier molecular flexibility index (Phi) is 11.6. The second-order valence-corrected chi connectivity index (χ2v) is 13.0. The molecule has 1 aromatic carbocycles. The molecular formula is C33H54N4O4. The van der Waals surface area contributed by atoms with Crippen LogP contribution in [0.15, 0.2) is 18.2 Å². The van der Waals surface area contributed by atoms with Crippen molar-refractivity contribution in [2.24, 2.45) is 23.5 Å². The lowest BCUT2D eigenvalue weighted by Crippen LogP contribution is -2.46. The Labute approximate surface area is 247 Å². The summed E-state index contributed by atoms with van der Waals surface area (Å²) in [4.78, 5) is 29.1. The van der Waals surface area contributed by atoms with Crippen molar-refractivity contribution in [3.05, 3.63) is 29.3 Å². The van der Waals surface area contributed by atoms with Crippen molar-refractivity contribution in [1.82, 2.24) is 15.5 Å². The Morgan fingerprint density at radius 3 is 2.51 bits per heavy atom. The number of nitrogens with zero attached hydrogens (tertiary/aromatic N) is 1. The van der Waals surface area contributed by atoms with E-state index in [9.17, 15) is 9.59 Å². The summed E-state index contributed by atoms with van der Waals surface area (Å²) in [6, 6.07) is 6.27. The molecule has 1 saturated heterocycles. The van der Waals surface area contributed by atoms with Gasteiger partial charge in [0.15, 0.2) is 5.78 Å². The number of aryl methyl sites for hydroxylation is 1. The molecule has 8 nitrogen and oxygen atoms in total. The van der Waals surface area contributed by atoms with Gasteiger partial charge in [-0.05, 0) is 101 Å². The van der Waals surface area contributed by atoms with Crippen LogP contribution in [0.2, 0.25) is 0 Å². The fourth-order valence-corrected chi connectivity index (χ4v) is 6.54. The summed E-state index contributed by atoms with van der Waals surface area (Å²) < 4.78 is 11.2. The maximum absolute atomic E-state index is 13.8. The molecule has 1 amide bonds. The molecule has 4 rings (SSSR count). The summed E-state index contributed by atoms with van der Waals surface area (Å²) in [5.41, 5.74) is 7.53. The minimum absolute atomic E-state index is 0.0454. The van der Waals surface area contributed by atoms with Crippen LogP contribution in [0, 0.1) is 17.8 Å². The quantitative estimate of drug-likeness (QED) is 0.259. The Hall–Kier alpha value is -2.00. The molecule has 2 aliphatic carbocycles. The Bertz CT molecular complexity index is 1000. The number of Topliss-reactive ketones (excluding diaryl/α,β-unsaturated/α-hetero) is 1. The first-order chi connectivity index (χ1) is 19.8. The molecule has 0 bridgehead atoms. The summed E-state index contributed by atoms with van der Waals surface area (Å²) in [5, 5.41) is 7.26. The third-order valence-corrected chi connectivity index (χ3v) is 9.59. The lowest BCUT2D eigenvalue weighted by molar-refractivity contribution is -0.123. The van der Waals surface area contributed by atoms with Crippen LogP contribution in [0.25, 0.3) is 0 Å². The number of nitrogens with one attached hydrogen (secondary N) is 2. The third kappa shape index (κ3) is 8.53. The van der Waals surface area contributed by atoms with E-state index in [1.807, 2.05) is 23.1 Å². The number of carbonyl (C=O) groups excluding carboxylic acids is 2. The van der Waals surface area contributed by atoms with Gasteiger partial charge in [0, 0.05) is 63.8 Å². The van der Waals surface area contributed by atoms with Gasteiger partial charge in [0.2, 0.25) is 0 Å². The molecule has 1 heterocycles. The monoisotopic (exact) mass is 570 g/mol. The van der Waals surface area contributed by atoms with Gasteiger partial charge in [0.25, 0.3) is 5.91 Å². The van der Waals surface area contributed by atoms with Crippen LogP contribution in [-0.2, 0) is 16.0 Å². The van der Waals surface area contributed by atoms with Gasteiger partial charge in [-0.1, -0.05) is 13.0 Å². The zero-order valence-electron chi connectivity index (χ0n) is 25.9. The lowest BCUT2D eigenvalue weighted by Gasteiger charge is -2.32. The molecule has 230 valence electrons. The predicted octanol–water partition coefficient (Wildman–Crippen LogP) is 3.95. The van der Waals surface area contributed by atoms with E-state index in [-0.39, 0.29) is 17.5 Å². The van der Waals surface area contributed by atoms with Gasteiger partial charge in [-0.15, -0.1) is 0 Å². The summed E-state index contributed by atoms with van der Waals surface area (Å²) >= 11 is 0. The Morgan fingerprint density at radius 2 is 1.85 bits per heavy atom. The number of rotatable bonds is 16. The van der Waals surface area contributed by atoms with Crippen molar-refractivity contribution < 1.29 is 19.1 Å². The van der Waals surface area contributed by atoms with Gasteiger partial charge < -0.3 is 30.7 Å². The normalized spacial score (nSPS) is 25.3. The van der Waals surface area contributed by atoms with Gasteiger partial charge >= 0.3 is 0 Å². The molecule has 0 aromatic heterocycles. The average Bonchev–Trinajstić information content (AvgIpc) is 3.64. The van der Waals surface area contributed by atoms with Gasteiger partial charge in [-0.2, -0.15) is 0 Å². The van der Waals surface area contributed by atoms with Crippen LogP contribution in [-0.4, -0.2) is 80.7 Å². The van der Waals surface area contributed by atoms with E-state index in [1.165, 1.54) is 0 Å². The molecule has 3 fully saturated rings. The van der Waals surface area contributed by atoms with Crippen LogP contribution in [0.5, 0.6) is 5.75 Å². The molecule has 0 spiro atoms. The first-order valence-electron chi connectivity index (χ1n) is 16.1. The highest BCUT2D eigenvalue weighted by molar-refractivity contribution is 5.95. The molecular weight excluding hydrogens is 516 g/mol. The molecule has 2 saturated carbocycles. The number of benzene rings is 1. The van der Waals surface area contributed by atoms with Gasteiger partial charge in [0.05, 0.1) is 12.1 Å². The Balaban J connectivity index is 1.34. The lowest BCUT2D eigenvalue weighted by atomic mass is 9.82. The molecule has 2 atom stereocenters. The Morgan fingerprint density at radius 1 is 1.12 bits per heavy atom. The van der Waals surface area contributed by atoms with Crippen LogP contribution in [0.1, 0.15) is 88.1 Å². The van der Waals surface area contributed by atoms with E-state index in [1.54, 1.807) is 7.11 Å². The van der Waals surface area contributed by atoms with Crippen LogP contribution < -0.4 is 21.1 Å². The molecule has 0 unspecified atom stereocenters. The number of nitrogens with two attached hydrogens (primary N) is 1. The highest BCUT2D eigenvalue weighted by Gasteiger charge is 2.50. The van der Waals surface area contributed by atoms with E-state index in [0.29, 0.717) is 61.3 Å². The predicted molar refractivity (Wildman–Crippen MR) is 163 cm³/mol. The maximum atomic E-state index is 13.8. The fraction of sp³-hybridized carbons (Fsp3) is 0.758. The molecule has 8 heteroatoms. The van der Waals surface area contributed by atoms with E-state index in [2.05, 4.69) is 31.4 Å². The van der Waals surface area contributed by atoms with Crippen molar-refractivity contribution in [2.45, 2.75) is 96.2 Å². The number of carbonyl (C=O) groups is 2. The number of methoxy groups -OCH3 is 1. The zero-order valence-corrected chi connectivity index (χ0v) is 25.9. The number of ether oxygens (including phenoxy) is 2. The van der Waals surface area contributed by atoms with Crippen LogP contribution in [0.3, 0.4) is 0 Å². The summed E-state index contributed by atoms with van der Waals surface area (Å²) in [6.45, 7) is 10.8. The first-order valence-corrected chi connectivity index (χ1v) is 16.1. The molecule has 41 heavy (non-hydrogen) atoms. The first kappa shape index (κ1) is 31.9. The number of hydrogen-bond donors (Lipinski definition) is 3. The summed E-state index contributed by atoms with van der Waals surface area (Å²) in [6.07, 6.45) is 8.50. The SMILES string of the molecule is CCc1ccc(C(=O)N(C[C@@H]2CNC[C@H]2CNC2(C(=O)CC3CCC(N)CC3)CC2)C(C)C)cc1OCCCOC. The number of amides is 1. The van der Waals surface area contributed by atoms with Crippen molar-refractivity contribution in [3.8, 4) is 5.75 Å². The standard InChI is InChI=1S/C33H54N4O4/c1-5-25-9-10-26(18-30(25)41-16-6-15-40-4)32(39)37(23(2)3)22-28-20-35-19-27(28)21-36-33(13-14-33)31(38)17-24-7-11-29(34)12-8-24/h9-10,18,23-24,27-29,35-36H,5-8,11-17,19-22,34H2,1-4H3/t24?,27-,28-,29?/m0/s1.